The van der Waals surface area contributed by atoms with Crippen molar-refractivity contribution in [1.29, 1.82) is 0 Å². The molecule has 0 aromatic carbocycles. The molecule has 2 heterocycles. The van der Waals surface area contributed by atoms with Gasteiger partial charge in [0.2, 0.25) is 0 Å². The lowest BCUT2D eigenvalue weighted by atomic mass is 9.96. The number of piperidine rings is 1. The largest absolute Gasteiger partial charge is 0.331 e. The smallest absolute Gasteiger partial charge is 0.0951 e. The summed E-state index contributed by atoms with van der Waals surface area (Å²) in [6.45, 7) is 15.8. The molecule has 0 saturated carbocycles. The van der Waals surface area contributed by atoms with Crippen LogP contribution in [0.4, 0.5) is 0 Å². The molecule has 0 radical (unpaired) electrons. The summed E-state index contributed by atoms with van der Waals surface area (Å²) in [6.07, 6.45) is 6.65. The molecule has 0 amide bonds. The summed E-state index contributed by atoms with van der Waals surface area (Å²) < 4.78 is 2.29. The van der Waals surface area contributed by atoms with Crippen molar-refractivity contribution in [3.8, 4) is 0 Å². The number of hydrogen-bond acceptors (Lipinski definition) is 3. The van der Waals surface area contributed by atoms with Crippen molar-refractivity contribution in [2.75, 3.05) is 19.6 Å². The van der Waals surface area contributed by atoms with E-state index in [-0.39, 0.29) is 5.54 Å². The Bertz CT molecular complexity index is 430. The Morgan fingerprint density at radius 1 is 1.38 bits per heavy atom. The molecule has 1 N–H and O–H groups in total. The van der Waals surface area contributed by atoms with Crippen LogP contribution in [0.25, 0.3) is 0 Å². The average molecular weight is 292 g/mol. The van der Waals surface area contributed by atoms with Gasteiger partial charge in [-0.25, -0.2) is 4.98 Å². The molecular weight excluding hydrogens is 260 g/mol. The van der Waals surface area contributed by atoms with Crippen molar-refractivity contribution in [3.63, 3.8) is 0 Å². The van der Waals surface area contributed by atoms with Crippen LogP contribution in [0.1, 0.15) is 59.2 Å². The van der Waals surface area contributed by atoms with Gasteiger partial charge in [-0.05, 0) is 66.5 Å². The predicted octanol–water partition coefficient (Wildman–Crippen LogP) is 3.06. The standard InChI is InChI=1S/C17H32N4/c1-14(2)21-13-18-10-16(21)12-20-8-6-7-15(11-20)9-19-17(3,4)5/h10,13-15,19H,6-9,11-12H2,1-5H3. The quantitative estimate of drug-likeness (QED) is 0.905. The number of rotatable bonds is 5. The lowest BCUT2D eigenvalue weighted by Gasteiger charge is -2.34. The van der Waals surface area contributed by atoms with Crippen LogP contribution < -0.4 is 5.32 Å². The molecule has 0 aliphatic carbocycles. The highest BCUT2D eigenvalue weighted by atomic mass is 15.2. The van der Waals surface area contributed by atoms with Gasteiger partial charge in [0.1, 0.15) is 0 Å². The second-order valence-electron chi connectivity index (χ2n) is 7.76. The normalized spacial score (nSPS) is 21.1. The van der Waals surface area contributed by atoms with Crippen molar-refractivity contribution in [1.82, 2.24) is 19.8 Å². The average Bonchev–Trinajstić information content (AvgIpc) is 2.84. The molecule has 1 aromatic heterocycles. The second-order valence-corrected chi connectivity index (χ2v) is 7.76. The SMILES string of the molecule is CC(C)n1cncc1CN1CCCC(CNC(C)(C)C)C1. The molecule has 1 aliphatic rings. The Labute approximate surface area is 129 Å². The molecule has 0 spiro atoms. The zero-order valence-electron chi connectivity index (χ0n) is 14.4. The van der Waals surface area contributed by atoms with Crippen molar-refractivity contribution in [2.24, 2.45) is 5.92 Å². The van der Waals surface area contributed by atoms with Crippen LogP contribution in [0, 0.1) is 5.92 Å². The van der Waals surface area contributed by atoms with Gasteiger partial charge < -0.3 is 9.88 Å². The maximum atomic E-state index is 4.32. The number of imidazole rings is 1. The van der Waals surface area contributed by atoms with Gasteiger partial charge in [-0.3, -0.25) is 4.90 Å². The third-order valence-electron chi connectivity index (χ3n) is 4.21. The van der Waals surface area contributed by atoms with Crippen LogP contribution in [-0.2, 0) is 6.54 Å². The molecule has 1 aliphatic heterocycles. The molecule has 1 saturated heterocycles. The van der Waals surface area contributed by atoms with E-state index < -0.39 is 0 Å². The highest BCUT2D eigenvalue weighted by Crippen LogP contribution is 2.20. The van der Waals surface area contributed by atoms with Crippen LogP contribution in [-0.4, -0.2) is 39.6 Å². The first kappa shape index (κ1) is 16.5. The Kier molecular flexibility index (Phi) is 5.44. The number of nitrogens with one attached hydrogen (secondary N) is 1. The first-order valence-corrected chi connectivity index (χ1v) is 8.33. The molecule has 1 aromatic rings. The topological polar surface area (TPSA) is 33.1 Å². The van der Waals surface area contributed by atoms with Gasteiger partial charge in [0.15, 0.2) is 0 Å². The third kappa shape index (κ3) is 5.11. The summed E-state index contributed by atoms with van der Waals surface area (Å²) in [5, 5.41) is 3.66. The van der Waals surface area contributed by atoms with E-state index in [1.54, 1.807) is 0 Å². The maximum absolute atomic E-state index is 4.32. The van der Waals surface area contributed by atoms with Gasteiger partial charge in [0.25, 0.3) is 0 Å². The minimum atomic E-state index is 0.221. The highest BCUT2D eigenvalue weighted by molar-refractivity contribution is 5.00. The molecule has 1 fully saturated rings. The van der Waals surface area contributed by atoms with Gasteiger partial charge in [0, 0.05) is 30.9 Å². The summed E-state index contributed by atoms with van der Waals surface area (Å²) in [6, 6.07) is 0.491. The van der Waals surface area contributed by atoms with E-state index in [1.807, 2.05) is 12.5 Å². The van der Waals surface area contributed by atoms with E-state index in [4.69, 9.17) is 0 Å². The summed E-state index contributed by atoms with van der Waals surface area (Å²) in [7, 11) is 0. The minimum Gasteiger partial charge on any atom is -0.331 e. The molecule has 2 rings (SSSR count). The number of hydrogen-bond donors (Lipinski definition) is 1. The van der Waals surface area contributed by atoms with Crippen molar-refractivity contribution < 1.29 is 0 Å². The van der Waals surface area contributed by atoms with Crippen LogP contribution in [0.5, 0.6) is 0 Å². The van der Waals surface area contributed by atoms with Crippen molar-refractivity contribution in [3.05, 3.63) is 18.2 Å². The van der Waals surface area contributed by atoms with Crippen LogP contribution >= 0.6 is 0 Å². The monoisotopic (exact) mass is 292 g/mol. The first-order chi connectivity index (χ1) is 9.85. The Morgan fingerprint density at radius 2 is 2.14 bits per heavy atom. The molecule has 4 nitrogen and oxygen atoms in total. The molecule has 1 atom stereocenters. The molecule has 120 valence electrons. The summed E-state index contributed by atoms with van der Waals surface area (Å²) in [4.78, 5) is 6.91. The summed E-state index contributed by atoms with van der Waals surface area (Å²) in [5.41, 5.74) is 1.56. The zero-order chi connectivity index (χ0) is 15.5. The molecule has 1 unspecified atom stereocenters. The fraction of sp³-hybridized carbons (Fsp3) is 0.824. The zero-order valence-corrected chi connectivity index (χ0v) is 14.4. The molecular formula is C17H32N4. The summed E-state index contributed by atoms with van der Waals surface area (Å²) in [5.74, 6) is 0.772. The van der Waals surface area contributed by atoms with Gasteiger partial charge in [-0.15, -0.1) is 0 Å². The van der Waals surface area contributed by atoms with E-state index in [2.05, 4.69) is 54.4 Å². The molecule has 0 bridgehead atoms. The van der Waals surface area contributed by atoms with E-state index in [9.17, 15) is 0 Å². The van der Waals surface area contributed by atoms with Gasteiger partial charge in [-0.1, -0.05) is 0 Å². The third-order valence-corrected chi connectivity index (χ3v) is 4.21. The first-order valence-electron chi connectivity index (χ1n) is 8.33. The second kappa shape index (κ2) is 6.93. The van der Waals surface area contributed by atoms with Gasteiger partial charge >= 0.3 is 0 Å². The minimum absolute atomic E-state index is 0.221. The number of nitrogens with zero attached hydrogens (tertiary/aromatic N) is 3. The van der Waals surface area contributed by atoms with Crippen LogP contribution in [0.2, 0.25) is 0 Å². The van der Waals surface area contributed by atoms with Gasteiger partial charge in [0.05, 0.1) is 12.0 Å². The summed E-state index contributed by atoms with van der Waals surface area (Å²) >= 11 is 0. The van der Waals surface area contributed by atoms with E-state index in [1.165, 1.54) is 31.6 Å². The fourth-order valence-corrected chi connectivity index (χ4v) is 3.06. The predicted molar refractivity (Wildman–Crippen MR) is 88.4 cm³/mol. The lowest BCUT2D eigenvalue weighted by molar-refractivity contribution is 0.156. The van der Waals surface area contributed by atoms with Crippen LogP contribution in [0.3, 0.4) is 0 Å². The number of aromatic nitrogens is 2. The molecule has 4 heteroatoms. The lowest BCUT2D eigenvalue weighted by Crippen LogP contribution is -2.44. The maximum Gasteiger partial charge on any atom is 0.0951 e. The Balaban J connectivity index is 1.88. The highest BCUT2D eigenvalue weighted by Gasteiger charge is 2.22. The Hall–Kier alpha value is -0.870. The van der Waals surface area contributed by atoms with E-state index >= 15 is 0 Å². The van der Waals surface area contributed by atoms with Gasteiger partial charge in [-0.2, -0.15) is 0 Å². The van der Waals surface area contributed by atoms with Crippen LogP contribution in [0.15, 0.2) is 12.5 Å². The van der Waals surface area contributed by atoms with Crippen molar-refractivity contribution in [2.45, 2.75) is 65.6 Å². The van der Waals surface area contributed by atoms with E-state index in [0.717, 1.165) is 19.0 Å². The van der Waals surface area contributed by atoms with E-state index in [0.29, 0.717) is 6.04 Å². The fourth-order valence-electron chi connectivity index (χ4n) is 3.06. The Morgan fingerprint density at radius 3 is 2.81 bits per heavy atom. The van der Waals surface area contributed by atoms with Crippen molar-refractivity contribution >= 4 is 0 Å². The molecule has 21 heavy (non-hydrogen) atoms. The number of likely N-dealkylation sites (tertiary alicyclic amines) is 1.